The first-order chi connectivity index (χ1) is 4.77. The molecule has 68 valence electrons. The van der Waals surface area contributed by atoms with Gasteiger partial charge in [0.2, 0.25) is 0 Å². The molecule has 0 aromatic rings. The number of hydrogen-bond donors (Lipinski definition) is 2. The molecule has 11 heavy (non-hydrogen) atoms. The predicted molar refractivity (Wildman–Crippen MR) is 48.7 cm³/mol. The highest BCUT2D eigenvalue weighted by atomic mass is 16.3. The molecule has 0 aliphatic rings. The molecular formula is C9H21NO. The summed E-state index contributed by atoms with van der Waals surface area (Å²) in [5, 5.41) is 12.7. The lowest BCUT2D eigenvalue weighted by Gasteiger charge is -2.29. The zero-order valence-corrected chi connectivity index (χ0v) is 8.36. The highest BCUT2D eigenvalue weighted by Gasteiger charge is 2.19. The Balaban J connectivity index is 3.70. The van der Waals surface area contributed by atoms with E-state index < -0.39 is 5.60 Å². The van der Waals surface area contributed by atoms with E-state index in [-0.39, 0.29) is 5.54 Å². The molecule has 0 heterocycles. The van der Waals surface area contributed by atoms with E-state index in [1.54, 1.807) is 0 Å². The van der Waals surface area contributed by atoms with Gasteiger partial charge in [0.05, 0.1) is 5.60 Å². The summed E-state index contributed by atoms with van der Waals surface area (Å²) in [6, 6.07) is 0. The van der Waals surface area contributed by atoms with Gasteiger partial charge in [0.25, 0.3) is 0 Å². The molecule has 0 aromatic carbocycles. The summed E-state index contributed by atoms with van der Waals surface area (Å²) >= 11 is 0. The molecule has 0 rings (SSSR count). The van der Waals surface area contributed by atoms with Crippen LogP contribution in [-0.4, -0.2) is 22.8 Å². The lowest BCUT2D eigenvalue weighted by molar-refractivity contribution is 0.0708. The Morgan fingerprint density at radius 3 is 1.91 bits per heavy atom. The first-order valence-corrected chi connectivity index (χ1v) is 4.24. The summed E-state index contributed by atoms with van der Waals surface area (Å²) in [6.45, 7) is 10.7. The molecule has 0 fully saturated rings. The quantitative estimate of drug-likeness (QED) is 0.652. The van der Waals surface area contributed by atoms with Crippen molar-refractivity contribution in [3.63, 3.8) is 0 Å². The van der Waals surface area contributed by atoms with Gasteiger partial charge in [-0.3, -0.25) is 0 Å². The van der Waals surface area contributed by atoms with Crippen LogP contribution in [0.1, 0.15) is 41.0 Å². The Morgan fingerprint density at radius 2 is 1.64 bits per heavy atom. The molecule has 0 aliphatic heterocycles. The van der Waals surface area contributed by atoms with E-state index in [0.717, 1.165) is 6.42 Å². The first-order valence-electron chi connectivity index (χ1n) is 4.24. The van der Waals surface area contributed by atoms with Crippen molar-refractivity contribution in [2.24, 2.45) is 0 Å². The minimum Gasteiger partial charge on any atom is -0.389 e. The standard InChI is InChI=1S/C9H21NO/c1-6-8(2,3)10-7-9(4,5)11/h10-11H,6-7H2,1-5H3. The monoisotopic (exact) mass is 159 g/mol. The molecular weight excluding hydrogens is 138 g/mol. The summed E-state index contributed by atoms with van der Waals surface area (Å²) in [4.78, 5) is 0. The molecule has 0 amide bonds. The SMILES string of the molecule is CCC(C)(C)NCC(C)(C)O. The van der Waals surface area contributed by atoms with Crippen molar-refractivity contribution < 1.29 is 5.11 Å². The minimum absolute atomic E-state index is 0.139. The van der Waals surface area contributed by atoms with E-state index in [2.05, 4.69) is 26.1 Å². The maximum atomic E-state index is 9.41. The molecule has 2 nitrogen and oxygen atoms in total. The smallest absolute Gasteiger partial charge is 0.0715 e. The van der Waals surface area contributed by atoms with Crippen LogP contribution in [-0.2, 0) is 0 Å². The average Bonchev–Trinajstić information content (AvgIpc) is 1.83. The maximum Gasteiger partial charge on any atom is 0.0715 e. The van der Waals surface area contributed by atoms with Gasteiger partial charge in [0.1, 0.15) is 0 Å². The Labute approximate surface area is 70.0 Å². The topological polar surface area (TPSA) is 32.3 Å². The summed E-state index contributed by atoms with van der Waals surface area (Å²) in [5.74, 6) is 0. The van der Waals surface area contributed by atoms with Crippen LogP contribution in [0.3, 0.4) is 0 Å². The summed E-state index contributed by atoms with van der Waals surface area (Å²) in [7, 11) is 0. The van der Waals surface area contributed by atoms with E-state index >= 15 is 0 Å². The van der Waals surface area contributed by atoms with Gasteiger partial charge in [-0.25, -0.2) is 0 Å². The normalized spacial score (nSPS) is 13.6. The molecule has 0 bridgehead atoms. The number of β-amino-alcohol motifs (C(OH)–C–C–N with tert-alkyl or cyclic N) is 1. The van der Waals surface area contributed by atoms with Crippen molar-refractivity contribution in [2.75, 3.05) is 6.54 Å². The second-order valence-corrected chi connectivity index (χ2v) is 4.40. The van der Waals surface area contributed by atoms with Crippen molar-refractivity contribution >= 4 is 0 Å². The molecule has 2 heteroatoms. The second-order valence-electron chi connectivity index (χ2n) is 4.40. The van der Waals surface area contributed by atoms with Gasteiger partial charge < -0.3 is 10.4 Å². The largest absolute Gasteiger partial charge is 0.389 e. The number of aliphatic hydroxyl groups is 1. The van der Waals surface area contributed by atoms with Gasteiger partial charge in [-0.2, -0.15) is 0 Å². The van der Waals surface area contributed by atoms with Crippen molar-refractivity contribution in [2.45, 2.75) is 52.2 Å². The van der Waals surface area contributed by atoms with Crippen LogP contribution in [0.4, 0.5) is 0 Å². The van der Waals surface area contributed by atoms with E-state index in [4.69, 9.17) is 0 Å². The van der Waals surface area contributed by atoms with Crippen LogP contribution in [0, 0.1) is 0 Å². The summed E-state index contributed by atoms with van der Waals surface area (Å²) < 4.78 is 0. The third-order valence-electron chi connectivity index (χ3n) is 1.88. The molecule has 0 atom stereocenters. The van der Waals surface area contributed by atoms with Crippen molar-refractivity contribution in [3.8, 4) is 0 Å². The highest BCUT2D eigenvalue weighted by Crippen LogP contribution is 2.08. The fourth-order valence-corrected chi connectivity index (χ4v) is 0.581. The Kier molecular flexibility index (Phi) is 3.52. The lowest BCUT2D eigenvalue weighted by Crippen LogP contribution is -2.46. The van der Waals surface area contributed by atoms with Gasteiger partial charge in [0.15, 0.2) is 0 Å². The second kappa shape index (κ2) is 3.55. The van der Waals surface area contributed by atoms with Crippen molar-refractivity contribution in [1.29, 1.82) is 0 Å². The fourth-order valence-electron chi connectivity index (χ4n) is 0.581. The van der Waals surface area contributed by atoms with Gasteiger partial charge in [-0.1, -0.05) is 6.92 Å². The minimum atomic E-state index is -0.605. The number of rotatable bonds is 4. The average molecular weight is 159 g/mol. The summed E-state index contributed by atoms with van der Waals surface area (Å²) in [6.07, 6.45) is 1.07. The summed E-state index contributed by atoms with van der Waals surface area (Å²) in [5.41, 5.74) is -0.466. The van der Waals surface area contributed by atoms with Crippen LogP contribution < -0.4 is 5.32 Å². The molecule has 0 saturated carbocycles. The number of nitrogens with one attached hydrogen (secondary N) is 1. The van der Waals surface area contributed by atoms with Crippen LogP contribution >= 0.6 is 0 Å². The Bertz CT molecular complexity index is 113. The van der Waals surface area contributed by atoms with E-state index in [1.807, 2.05) is 13.8 Å². The highest BCUT2D eigenvalue weighted by molar-refractivity contribution is 4.79. The molecule has 0 unspecified atom stereocenters. The number of hydrogen-bond acceptors (Lipinski definition) is 2. The molecule has 0 saturated heterocycles. The molecule has 2 N–H and O–H groups in total. The fraction of sp³-hybridized carbons (Fsp3) is 1.00. The first kappa shape index (κ1) is 10.9. The van der Waals surface area contributed by atoms with Crippen molar-refractivity contribution in [3.05, 3.63) is 0 Å². The van der Waals surface area contributed by atoms with Gasteiger partial charge in [-0.15, -0.1) is 0 Å². The van der Waals surface area contributed by atoms with Crippen LogP contribution in [0.2, 0.25) is 0 Å². The Morgan fingerprint density at radius 1 is 1.18 bits per heavy atom. The predicted octanol–water partition coefficient (Wildman–Crippen LogP) is 1.54. The molecule has 0 aliphatic carbocycles. The zero-order valence-electron chi connectivity index (χ0n) is 8.36. The lowest BCUT2D eigenvalue weighted by atomic mass is 10.0. The molecule has 0 radical (unpaired) electrons. The van der Waals surface area contributed by atoms with E-state index in [1.165, 1.54) is 0 Å². The third kappa shape index (κ3) is 6.32. The van der Waals surface area contributed by atoms with Crippen LogP contribution in [0.25, 0.3) is 0 Å². The van der Waals surface area contributed by atoms with E-state index in [9.17, 15) is 5.11 Å². The van der Waals surface area contributed by atoms with Crippen LogP contribution in [0.5, 0.6) is 0 Å². The zero-order chi connectivity index (χ0) is 9.12. The van der Waals surface area contributed by atoms with Crippen LogP contribution in [0.15, 0.2) is 0 Å². The van der Waals surface area contributed by atoms with E-state index in [0.29, 0.717) is 6.54 Å². The van der Waals surface area contributed by atoms with Gasteiger partial charge in [-0.05, 0) is 34.1 Å². The van der Waals surface area contributed by atoms with Crippen molar-refractivity contribution in [1.82, 2.24) is 5.32 Å². The van der Waals surface area contributed by atoms with Gasteiger partial charge in [0, 0.05) is 12.1 Å². The Hall–Kier alpha value is -0.0800. The maximum absolute atomic E-state index is 9.41. The molecule has 0 aromatic heterocycles. The van der Waals surface area contributed by atoms with Gasteiger partial charge >= 0.3 is 0 Å². The third-order valence-corrected chi connectivity index (χ3v) is 1.88. The molecule has 0 spiro atoms.